The fourth-order valence-corrected chi connectivity index (χ4v) is 2.95. The summed E-state index contributed by atoms with van der Waals surface area (Å²) in [6, 6.07) is 2.09. The van der Waals surface area contributed by atoms with Crippen molar-refractivity contribution in [3.05, 3.63) is 11.2 Å². The van der Waals surface area contributed by atoms with Crippen molar-refractivity contribution < 1.29 is 4.74 Å². The summed E-state index contributed by atoms with van der Waals surface area (Å²) in [5.41, 5.74) is 5.72. The van der Waals surface area contributed by atoms with Gasteiger partial charge in [-0.1, -0.05) is 25.4 Å². The molecule has 1 aromatic rings. The summed E-state index contributed by atoms with van der Waals surface area (Å²) in [5, 5.41) is 0.368. The van der Waals surface area contributed by atoms with Crippen molar-refractivity contribution in [2.45, 2.75) is 39.3 Å². The zero-order valence-corrected chi connectivity index (χ0v) is 12.6. The van der Waals surface area contributed by atoms with Crippen molar-refractivity contribution in [1.29, 1.82) is 0 Å². The van der Waals surface area contributed by atoms with Crippen LogP contribution >= 0.6 is 11.6 Å². The monoisotopic (exact) mass is 284 g/mol. The number of rotatable bonds is 4. The highest BCUT2D eigenvalue weighted by atomic mass is 35.5. The van der Waals surface area contributed by atoms with Crippen LogP contribution in [0.2, 0.25) is 5.15 Å². The van der Waals surface area contributed by atoms with Gasteiger partial charge in [-0.2, -0.15) is 4.98 Å². The van der Waals surface area contributed by atoms with Crippen molar-refractivity contribution in [3.8, 4) is 0 Å². The molecule has 2 unspecified atom stereocenters. The molecule has 1 fully saturated rings. The average Bonchev–Trinajstić information content (AvgIpc) is 2.32. The Balaban J connectivity index is 2.15. The molecule has 19 heavy (non-hydrogen) atoms. The topological polar surface area (TPSA) is 64.3 Å². The zero-order valence-electron chi connectivity index (χ0n) is 11.9. The molecule has 1 aliphatic carbocycles. The molecule has 0 bridgehead atoms. The first-order valence-electron chi connectivity index (χ1n) is 6.50. The predicted octanol–water partition coefficient (Wildman–Crippen LogP) is 2.35. The Morgan fingerprint density at radius 2 is 2.21 bits per heavy atom. The Bertz CT molecular complexity index is 446. The number of ether oxygens (including phenoxy) is 1. The molecule has 2 rings (SSSR count). The molecule has 106 valence electrons. The van der Waals surface area contributed by atoms with Crippen molar-refractivity contribution in [3.63, 3.8) is 0 Å². The van der Waals surface area contributed by atoms with Crippen LogP contribution in [0.4, 0.5) is 11.8 Å². The molecule has 1 aliphatic rings. The van der Waals surface area contributed by atoms with E-state index >= 15 is 0 Å². The second-order valence-corrected chi connectivity index (χ2v) is 5.92. The largest absolute Gasteiger partial charge is 0.378 e. The SMILES string of the molecule is CCOC1CC(N(C)c2cc(Cl)nc(N)n2)C1(C)C. The van der Waals surface area contributed by atoms with Gasteiger partial charge >= 0.3 is 0 Å². The van der Waals surface area contributed by atoms with Gasteiger partial charge < -0.3 is 15.4 Å². The molecule has 0 radical (unpaired) electrons. The van der Waals surface area contributed by atoms with Gasteiger partial charge in [0.15, 0.2) is 0 Å². The Morgan fingerprint density at radius 3 is 2.74 bits per heavy atom. The molecule has 1 aromatic heterocycles. The Labute approximate surface area is 119 Å². The summed E-state index contributed by atoms with van der Waals surface area (Å²) < 4.78 is 5.75. The van der Waals surface area contributed by atoms with Gasteiger partial charge in [0.25, 0.3) is 0 Å². The minimum Gasteiger partial charge on any atom is -0.378 e. The lowest BCUT2D eigenvalue weighted by molar-refractivity contribution is -0.104. The Kier molecular flexibility index (Phi) is 3.87. The average molecular weight is 285 g/mol. The van der Waals surface area contributed by atoms with E-state index in [1.807, 2.05) is 14.0 Å². The molecule has 0 aliphatic heterocycles. The highest BCUT2D eigenvalue weighted by Crippen LogP contribution is 2.46. The molecule has 1 saturated carbocycles. The smallest absolute Gasteiger partial charge is 0.223 e. The van der Waals surface area contributed by atoms with Crippen molar-refractivity contribution in [2.75, 3.05) is 24.3 Å². The number of aromatic nitrogens is 2. The maximum Gasteiger partial charge on any atom is 0.223 e. The van der Waals surface area contributed by atoms with Crippen LogP contribution in [-0.2, 0) is 4.74 Å². The zero-order chi connectivity index (χ0) is 14.2. The maximum absolute atomic E-state index is 5.93. The number of halogens is 1. The summed E-state index contributed by atoms with van der Waals surface area (Å²) >= 11 is 5.93. The first-order chi connectivity index (χ1) is 8.86. The minimum atomic E-state index is 0.0803. The number of nitrogens with zero attached hydrogens (tertiary/aromatic N) is 3. The van der Waals surface area contributed by atoms with Crippen molar-refractivity contribution in [2.24, 2.45) is 5.41 Å². The quantitative estimate of drug-likeness (QED) is 0.860. The second kappa shape index (κ2) is 5.13. The van der Waals surface area contributed by atoms with Crippen LogP contribution in [0.3, 0.4) is 0 Å². The molecular weight excluding hydrogens is 264 g/mol. The summed E-state index contributed by atoms with van der Waals surface area (Å²) in [4.78, 5) is 10.2. The first kappa shape index (κ1) is 14.3. The minimum absolute atomic E-state index is 0.0803. The predicted molar refractivity (Wildman–Crippen MR) is 77.5 cm³/mol. The van der Waals surface area contributed by atoms with E-state index in [4.69, 9.17) is 22.1 Å². The normalized spacial score (nSPS) is 24.9. The summed E-state index contributed by atoms with van der Waals surface area (Å²) in [6.07, 6.45) is 1.28. The highest BCUT2D eigenvalue weighted by Gasteiger charge is 2.51. The number of nitrogens with two attached hydrogens (primary N) is 1. The fourth-order valence-electron chi connectivity index (χ4n) is 2.77. The number of hydrogen-bond acceptors (Lipinski definition) is 5. The molecule has 0 aromatic carbocycles. The van der Waals surface area contributed by atoms with Crippen LogP contribution in [0, 0.1) is 5.41 Å². The molecule has 2 N–H and O–H groups in total. The number of nitrogen functional groups attached to an aromatic ring is 1. The van der Waals surface area contributed by atoms with E-state index in [-0.39, 0.29) is 11.4 Å². The summed E-state index contributed by atoms with van der Waals surface area (Å²) in [7, 11) is 2.01. The van der Waals surface area contributed by atoms with Crippen LogP contribution in [0.1, 0.15) is 27.2 Å². The van der Waals surface area contributed by atoms with E-state index < -0.39 is 0 Å². The molecule has 2 atom stereocenters. The Hall–Kier alpha value is -1.07. The van der Waals surface area contributed by atoms with Crippen LogP contribution in [0.5, 0.6) is 0 Å². The Morgan fingerprint density at radius 1 is 1.53 bits per heavy atom. The van der Waals surface area contributed by atoms with Crippen LogP contribution in [0.25, 0.3) is 0 Å². The molecule has 0 saturated heterocycles. The standard InChI is InChI=1S/C13H21ClN4O/c1-5-19-9-6-8(13(9,2)3)18(4)11-7-10(14)16-12(15)17-11/h7-9H,5-6H2,1-4H3,(H2,15,16,17). The van der Waals surface area contributed by atoms with E-state index in [9.17, 15) is 0 Å². The third kappa shape index (κ3) is 2.62. The van der Waals surface area contributed by atoms with E-state index in [0.29, 0.717) is 17.3 Å². The molecule has 0 amide bonds. The third-order valence-corrected chi connectivity index (χ3v) is 4.22. The van der Waals surface area contributed by atoms with Gasteiger partial charge in [-0.15, -0.1) is 0 Å². The second-order valence-electron chi connectivity index (χ2n) is 5.53. The number of hydrogen-bond donors (Lipinski definition) is 1. The molecule has 5 nitrogen and oxygen atoms in total. The van der Waals surface area contributed by atoms with Gasteiger partial charge in [-0.05, 0) is 13.3 Å². The fraction of sp³-hybridized carbons (Fsp3) is 0.692. The lowest BCUT2D eigenvalue weighted by Gasteiger charge is -2.55. The van der Waals surface area contributed by atoms with E-state index in [0.717, 1.165) is 18.8 Å². The summed E-state index contributed by atoms with van der Waals surface area (Å²) in [6.45, 7) is 7.20. The van der Waals surface area contributed by atoms with Gasteiger partial charge in [-0.3, -0.25) is 0 Å². The third-order valence-electron chi connectivity index (χ3n) is 4.02. The maximum atomic E-state index is 5.93. The van der Waals surface area contributed by atoms with Gasteiger partial charge in [0, 0.05) is 31.2 Å². The first-order valence-corrected chi connectivity index (χ1v) is 6.88. The van der Waals surface area contributed by atoms with E-state index in [2.05, 4.69) is 28.7 Å². The molecule has 0 spiro atoms. The lowest BCUT2D eigenvalue weighted by Crippen LogP contribution is -2.61. The van der Waals surface area contributed by atoms with Gasteiger partial charge in [0.2, 0.25) is 5.95 Å². The van der Waals surface area contributed by atoms with Gasteiger partial charge in [0.05, 0.1) is 6.10 Å². The van der Waals surface area contributed by atoms with E-state index in [1.54, 1.807) is 6.07 Å². The molecule has 1 heterocycles. The van der Waals surface area contributed by atoms with Gasteiger partial charge in [0.1, 0.15) is 11.0 Å². The summed E-state index contributed by atoms with van der Waals surface area (Å²) in [5.74, 6) is 0.957. The van der Waals surface area contributed by atoms with Crippen molar-refractivity contribution in [1.82, 2.24) is 9.97 Å². The lowest BCUT2D eigenvalue weighted by atomic mass is 9.64. The highest BCUT2D eigenvalue weighted by molar-refractivity contribution is 6.29. The van der Waals surface area contributed by atoms with Crippen LogP contribution in [0.15, 0.2) is 6.07 Å². The van der Waals surface area contributed by atoms with E-state index in [1.165, 1.54) is 0 Å². The number of anilines is 2. The van der Waals surface area contributed by atoms with Crippen LogP contribution < -0.4 is 10.6 Å². The molecular formula is C13H21ClN4O. The molecule has 6 heteroatoms. The van der Waals surface area contributed by atoms with Crippen LogP contribution in [-0.4, -0.2) is 35.8 Å². The van der Waals surface area contributed by atoms with Crippen molar-refractivity contribution >= 4 is 23.4 Å². The van der Waals surface area contributed by atoms with Gasteiger partial charge in [-0.25, -0.2) is 4.98 Å².